The van der Waals surface area contributed by atoms with Crippen molar-refractivity contribution in [2.24, 2.45) is 0 Å². The molecule has 0 aliphatic carbocycles. The number of carboxylic acids is 1. The molecule has 0 saturated carbocycles. The third-order valence-corrected chi connectivity index (χ3v) is 1.00. The number of rotatable bonds is 2. The van der Waals surface area contributed by atoms with E-state index in [2.05, 4.69) is 5.43 Å². The van der Waals surface area contributed by atoms with Crippen molar-refractivity contribution in [3.05, 3.63) is 12.3 Å². The lowest BCUT2D eigenvalue weighted by Gasteiger charge is -2.11. The van der Waals surface area contributed by atoms with E-state index in [0.29, 0.717) is 0 Å². The van der Waals surface area contributed by atoms with Gasteiger partial charge in [0.1, 0.15) is 6.54 Å². The number of aliphatic carboxylic acids is 1. The van der Waals surface area contributed by atoms with Crippen molar-refractivity contribution < 1.29 is 9.90 Å². The molecule has 0 radical (unpaired) electrons. The highest BCUT2D eigenvalue weighted by Crippen LogP contribution is 1.90. The third-order valence-electron chi connectivity index (χ3n) is 1.00. The zero-order chi connectivity index (χ0) is 6.69. The van der Waals surface area contributed by atoms with Crippen molar-refractivity contribution in [3.8, 4) is 0 Å². The van der Waals surface area contributed by atoms with Crippen LogP contribution in [0.5, 0.6) is 0 Å². The fraction of sp³-hybridized carbons (Fsp3) is 0.400. The second kappa shape index (κ2) is 2.50. The Kier molecular flexibility index (Phi) is 1.69. The van der Waals surface area contributed by atoms with E-state index in [1.54, 1.807) is 6.20 Å². The lowest BCUT2D eigenvalue weighted by atomic mass is 10.6. The van der Waals surface area contributed by atoms with Gasteiger partial charge in [-0.15, -0.1) is 0 Å². The molecule has 0 fully saturated rings. The molecule has 0 atom stereocenters. The van der Waals surface area contributed by atoms with E-state index in [4.69, 9.17) is 5.11 Å². The summed E-state index contributed by atoms with van der Waals surface area (Å²) in [6, 6.07) is 0. The lowest BCUT2D eigenvalue weighted by molar-refractivity contribution is -0.138. The molecule has 0 saturated heterocycles. The first-order chi connectivity index (χ1) is 4.29. The van der Waals surface area contributed by atoms with Gasteiger partial charge in [0, 0.05) is 12.7 Å². The van der Waals surface area contributed by atoms with E-state index in [9.17, 15) is 4.79 Å². The summed E-state index contributed by atoms with van der Waals surface area (Å²) in [5.74, 6) is -0.825. The zero-order valence-electron chi connectivity index (χ0n) is 4.87. The highest BCUT2D eigenvalue weighted by Gasteiger charge is 2.05. The monoisotopic (exact) mass is 128 g/mol. The molecule has 1 aliphatic heterocycles. The molecule has 0 unspecified atom stereocenters. The Labute approximate surface area is 52.7 Å². The number of hydrogen-bond acceptors (Lipinski definition) is 3. The van der Waals surface area contributed by atoms with Crippen LogP contribution in [-0.2, 0) is 4.79 Å². The molecular formula is C5H8N2O2. The third kappa shape index (κ3) is 1.73. The van der Waals surface area contributed by atoms with Crippen LogP contribution < -0.4 is 5.43 Å². The van der Waals surface area contributed by atoms with Gasteiger partial charge in [-0.3, -0.25) is 4.79 Å². The van der Waals surface area contributed by atoms with E-state index in [1.165, 1.54) is 5.01 Å². The van der Waals surface area contributed by atoms with Crippen LogP contribution in [0.1, 0.15) is 0 Å². The fourth-order valence-corrected chi connectivity index (χ4v) is 0.657. The van der Waals surface area contributed by atoms with Gasteiger partial charge in [0.25, 0.3) is 0 Å². The number of hydrazine groups is 1. The largest absolute Gasteiger partial charge is 0.480 e. The molecule has 0 amide bonds. The van der Waals surface area contributed by atoms with E-state index < -0.39 is 5.97 Å². The van der Waals surface area contributed by atoms with E-state index in [0.717, 1.165) is 6.54 Å². The smallest absolute Gasteiger partial charge is 0.324 e. The lowest BCUT2D eigenvalue weighted by Crippen LogP contribution is -2.33. The van der Waals surface area contributed by atoms with Crippen LogP contribution in [-0.4, -0.2) is 29.2 Å². The van der Waals surface area contributed by atoms with Crippen molar-refractivity contribution in [1.82, 2.24) is 10.4 Å². The summed E-state index contributed by atoms with van der Waals surface area (Å²) in [7, 11) is 0. The first kappa shape index (κ1) is 6.10. The van der Waals surface area contributed by atoms with E-state index >= 15 is 0 Å². The Balaban J connectivity index is 2.28. The van der Waals surface area contributed by atoms with Crippen LogP contribution in [0.3, 0.4) is 0 Å². The number of hydrogen-bond donors (Lipinski definition) is 2. The molecule has 4 heteroatoms. The van der Waals surface area contributed by atoms with Crippen LogP contribution in [0, 0.1) is 0 Å². The molecule has 4 nitrogen and oxygen atoms in total. The standard InChI is InChI=1S/C5H8N2O2/c8-5(9)4-7-3-1-2-6-7/h1,3,6H,2,4H2,(H,8,9). The number of carbonyl (C=O) groups is 1. The highest BCUT2D eigenvalue weighted by molar-refractivity contribution is 5.69. The summed E-state index contributed by atoms with van der Waals surface area (Å²) in [4.78, 5) is 10.0. The molecular weight excluding hydrogens is 120 g/mol. The van der Waals surface area contributed by atoms with Gasteiger partial charge in [-0.25, -0.2) is 5.43 Å². The average Bonchev–Trinajstić information content (AvgIpc) is 2.15. The van der Waals surface area contributed by atoms with Crippen LogP contribution in [0.4, 0.5) is 0 Å². The van der Waals surface area contributed by atoms with Gasteiger partial charge in [0.2, 0.25) is 0 Å². The molecule has 0 spiro atoms. The van der Waals surface area contributed by atoms with Crippen molar-refractivity contribution >= 4 is 5.97 Å². The van der Waals surface area contributed by atoms with Gasteiger partial charge in [-0.05, 0) is 0 Å². The minimum absolute atomic E-state index is 0.0243. The van der Waals surface area contributed by atoms with Crippen LogP contribution in [0.15, 0.2) is 12.3 Å². The van der Waals surface area contributed by atoms with Crippen molar-refractivity contribution in [2.75, 3.05) is 13.1 Å². The quantitative estimate of drug-likeness (QED) is 0.521. The maximum atomic E-state index is 10.0. The summed E-state index contributed by atoms with van der Waals surface area (Å²) in [6.07, 6.45) is 3.58. The Morgan fingerprint density at radius 1 is 1.89 bits per heavy atom. The Morgan fingerprint density at radius 3 is 3.11 bits per heavy atom. The Hall–Kier alpha value is -1.03. The van der Waals surface area contributed by atoms with Crippen molar-refractivity contribution in [2.45, 2.75) is 0 Å². The van der Waals surface area contributed by atoms with Crippen molar-refractivity contribution in [3.63, 3.8) is 0 Å². The predicted octanol–water partition coefficient (Wildman–Crippen LogP) is -0.595. The van der Waals surface area contributed by atoms with Gasteiger partial charge in [-0.2, -0.15) is 0 Å². The van der Waals surface area contributed by atoms with Crippen LogP contribution >= 0.6 is 0 Å². The predicted molar refractivity (Wildman–Crippen MR) is 31.5 cm³/mol. The molecule has 0 aromatic rings. The first-order valence-corrected chi connectivity index (χ1v) is 2.67. The minimum atomic E-state index is -0.825. The van der Waals surface area contributed by atoms with Gasteiger partial charge in [0.05, 0.1) is 0 Å². The minimum Gasteiger partial charge on any atom is -0.480 e. The Bertz CT molecular complexity index is 144. The maximum Gasteiger partial charge on any atom is 0.324 e. The van der Waals surface area contributed by atoms with E-state index in [-0.39, 0.29) is 6.54 Å². The summed E-state index contributed by atoms with van der Waals surface area (Å²) in [6.45, 7) is 0.754. The molecule has 0 bridgehead atoms. The van der Waals surface area contributed by atoms with Gasteiger partial charge < -0.3 is 10.1 Å². The summed E-state index contributed by atoms with van der Waals surface area (Å²) in [5.41, 5.74) is 2.83. The molecule has 1 aliphatic rings. The average molecular weight is 128 g/mol. The summed E-state index contributed by atoms with van der Waals surface area (Å²) < 4.78 is 0. The molecule has 0 aromatic carbocycles. The topological polar surface area (TPSA) is 52.6 Å². The van der Waals surface area contributed by atoms with Crippen LogP contribution in [0.25, 0.3) is 0 Å². The Morgan fingerprint density at radius 2 is 2.67 bits per heavy atom. The molecule has 50 valence electrons. The fourth-order valence-electron chi connectivity index (χ4n) is 0.657. The van der Waals surface area contributed by atoms with E-state index in [1.807, 2.05) is 6.08 Å². The second-order valence-corrected chi connectivity index (χ2v) is 1.77. The highest BCUT2D eigenvalue weighted by atomic mass is 16.4. The summed E-state index contributed by atoms with van der Waals surface area (Å²) >= 11 is 0. The maximum absolute atomic E-state index is 10.0. The normalized spacial score (nSPS) is 16.7. The van der Waals surface area contributed by atoms with Crippen LogP contribution in [0.2, 0.25) is 0 Å². The van der Waals surface area contributed by atoms with Gasteiger partial charge in [0.15, 0.2) is 0 Å². The number of carboxylic acid groups (broad SMARTS) is 1. The SMILES string of the molecule is O=C(O)CN1C=CCN1. The molecule has 2 N–H and O–H groups in total. The van der Waals surface area contributed by atoms with Gasteiger partial charge >= 0.3 is 5.97 Å². The summed E-state index contributed by atoms with van der Waals surface area (Å²) in [5, 5.41) is 9.79. The number of nitrogens with zero attached hydrogens (tertiary/aromatic N) is 1. The first-order valence-electron chi connectivity index (χ1n) is 2.67. The molecule has 1 heterocycles. The van der Waals surface area contributed by atoms with Crippen molar-refractivity contribution in [1.29, 1.82) is 0 Å². The molecule has 0 aromatic heterocycles. The van der Waals surface area contributed by atoms with Gasteiger partial charge in [-0.1, -0.05) is 6.08 Å². The second-order valence-electron chi connectivity index (χ2n) is 1.77. The number of nitrogens with one attached hydrogen (secondary N) is 1. The molecule has 9 heavy (non-hydrogen) atoms. The zero-order valence-corrected chi connectivity index (χ0v) is 4.87. The molecule has 1 rings (SSSR count).